The number of rotatable bonds is 8. The molecule has 0 radical (unpaired) electrons. The van der Waals surface area contributed by atoms with Crippen LogP contribution in [0.25, 0.3) is 0 Å². The molecule has 6 heteroatoms. The van der Waals surface area contributed by atoms with Gasteiger partial charge in [-0.05, 0) is 44.6 Å². The molecule has 3 heterocycles. The van der Waals surface area contributed by atoms with Crippen LogP contribution in [0.1, 0.15) is 50.4 Å². The lowest BCUT2D eigenvalue weighted by atomic mass is 10.2. The summed E-state index contributed by atoms with van der Waals surface area (Å²) in [6.45, 7) is 3.52. The molecule has 2 aliphatic rings. The first-order valence-electron chi connectivity index (χ1n) is 8.88. The first-order chi connectivity index (χ1) is 11.4. The minimum absolute atomic E-state index is 0.0291. The van der Waals surface area contributed by atoms with Crippen LogP contribution in [0.4, 0.5) is 0 Å². The van der Waals surface area contributed by atoms with Crippen LogP contribution in [0.15, 0.2) is 12.3 Å². The fraction of sp³-hybridized carbons (Fsp3) is 0.824. The van der Waals surface area contributed by atoms with E-state index >= 15 is 0 Å². The van der Waals surface area contributed by atoms with E-state index in [0.29, 0.717) is 19.8 Å². The van der Waals surface area contributed by atoms with Crippen molar-refractivity contribution in [1.29, 1.82) is 0 Å². The Bertz CT molecular complexity index is 440. The Labute approximate surface area is 138 Å². The molecule has 0 spiro atoms. The zero-order chi connectivity index (χ0) is 15.7. The number of ether oxygens (including phenoxy) is 4. The lowest BCUT2D eigenvalue weighted by molar-refractivity contribution is -0.169. The molecule has 0 aliphatic carbocycles. The van der Waals surface area contributed by atoms with Crippen molar-refractivity contribution in [3.63, 3.8) is 0 Å². The van der Waals surface area contributed by atoms with Gasteiger partial charge in [-0.1, -0.05) is 0 Å². The molecule has 6 nitrogen and oxygen atoms in total. The Morgan fingerprint density at radius 2 is 1.91 bits per heavy atom. The summed E-state index contributed by atoms with van der Waals surface area (Å²) < 4.78 is 24.4. The number of hydrogen-bond donors (Lipinski definition) is 0. The molecule has 2 fully saturated rings. The Morgan fingerprint density at radius 1 is 1.04 bits per heavy atom. The van der Waals surface area contributed by atoms with Crippen molar-refractivity contribution in [2.24, 2.45) is 0 Å². The van der Waals surface area contributed by atoms with Crippen LogP contribution < -0.4 is 0 Å². The van der Waals surface area contributed by atoms with Gasteiger partial charge >= 0.3 is 0 Å². The second kappa shape index (κ2) is 9.37. The van der Waals surface area contributed by atoms with Crippen LogP contribution in [-0.4, -0.2) is 49.1 Å². The molecule has 2 unspecified atom stereocenters. The van der Waals surface area contributed by atoms with E-state index in [-0.39, 0.29) is 12.5 Å². The highest BCUT2D eigenvalue weighted by atomic mass is 16.7. The number of aromatic nitrogens is 2. The molecule has 0 saturated carbocycles. The maximum atomic E-state index is 5.73. The SMILES string of the molecule is c1cn(C2CCCCO2)nc1CCOCCOC1CCCCO1. The van der Waals surface area contributed by atoms with Crippen LogP contribution in [0.5, 0.6) is 0 Å². The molecule has 2 aliphatic heterocycles. The number of nitrogens with zero attached hydrogens (tertiary/aromatic N) is 2. The second-order valence-electron chi connectivity index (χ2n) is 6.14. The van der Waals surface area contributed by atoms with E-state index in [0.717, 1.165) is 51.0 Å². The third-order valence-corrected chi connectivity index (χ3v) is 4.29. The average Bonchev–Trinajstić information content (AvgIpc) is 3.09. The van der Waals surface area contributed by atoms with Crippen molar-refractivity contribution in [1.82, 2.24) is 9.78 Å². The minimum atomic E-state index is -0.0291. The van der Waals surface area contributed by atoms with Gasteiger partial charge in [0.05, 0.1) is 25.5 Å². The smallest absolute Gasteiger partial charge is 0.157 e. The normalized spacial score (nSPS) is 25.6. The Hall–Kier alpha value is -0.950. The standard InChI is InChI=1S/C17H28N2O4/c1-3-10-21-16(5-1)19-9-7-15(18-19)8-12-20-13-14-23-17-6-2-4-11-22-17/h7,9,16-17H,1-6,8,10-14H2. The molecule has 2 saturated heterocycles. The Balaban J connectivity index is 1.26. The first-order valence-corrected chi connectivity index (χ1v) is 8.88. The second-order valence-corrected chi connectivity index (χ2v) is 6.14. The van der Waals surface area contributed by atoms with Crippen molar-refractivity contribution < 1.29 is 18.9 Å². The topological polar surface area (TPSA) is 54.7 Å². The molecule has 130 valence electrons. The summed E-state index contributed by atoms with van der Waals surface area (Å²) >= 11 is 0. The van der Waals surface area contributed by atoms with E-state index in [1.165, 1.54) is 12.8 Å². The molecular formula is C17H28N2O4. The van der Waals surface area contributed by atoms with E-state index in [2.05, 4.69) is 5.10 Å². The van der Waals surface area contributed by atoms with Gasteiger partial charge in [0.15, 0.2) is 6.29 Å². The van der Waals surface area contributed by atoms with Crippen LogP contribution in [-0.2, 0) is 25.4 Å². The highest BCUT2D eigenvalue weighted by Gasteiger charge is 2.16. The van der Waals surface area contributed by atoms with Crippen molar-refractivity contribution in [3.05, 3.63) is 18.0 Å². The molecule has 1 aromatic heterocycles. The molecule has 0 N–H and O–H groups in total. The highest BCUT2D eigenvalue weighted by molar-refractivity contribution is 4.99. The van der Waals surface area contributed by atoms with Crippen LogP contribution in [0, 0.1) is 0 Å². The molecule has 0 aromatic carbocycles. The van der Waals surface area contributed by atoms with E-state index < -0.39 is 0 Å². The maximum Gasteiger partial charge on any atom is 0.157 e. The zero-order valence-corrected chi connectivity index (χ0v) is 13.8. The summed E-state index contributed by atoms with van der Waals surface area (Å²) in [5.74, 6) is 0. The van der Waals surface area contributed by atoms with Crippen molar-refractivity contribution in [2.45, 2.75) is 57.5 Å². The summed E-state index contributed by atoms with van der Waals surface area (Å²) in [5.41, 5.74) is 1.05. The fourth-order valence-electron chi connectivity index (χ4n) is 2.96. The van der Waals surface area contributed by atoms with Gasteiger partial charge in [0, 0.05) is 25.8 Å². The lowest BCUT2D eigenvalue weighted by Crippen LogP contribution is -2.24. The van der Waals surface area contributed by atoms with E-state index in [9.17, 15) is 0 Å². The van der Waals surface area contributed by atoms with Crippen LogP contribution >= 0.6 is 0 Å². The van der Waals surface area contributed by atoms with Gasteiger partial charge in [0.1, 0.15) is 6.23 Å². The monoisotopic (exact) mass is 324 g/mol. The molecule has 0 amide bonds. The minimum Gasteiger partial charge on any atom is -0.379 e. The van der Waals surface area contributed by atoms with Gasteiger partial charge in [-0.3, -0.25) is 0 Å². The summed E-state index contributed by atoms with van der Waals surface area (Å²) in [6.07, 6.45) is 9.68. The molecular weight excluding hydrogens is 296 g/mol. The third kappa shape index (κ3) is 5.57. The van der Waals surface area contributed by atoms with Gasteiger partial charge in [0.25, 0.3) is 0 Å². The van der Waals surface area contributed by atoms with E-state index in [4.69, 9.17) is 18.9 Å². The van der Waals surface area contributed by atoms with E-state index in [1.54, 1.807) is 0 Å². The molecule has 2 atom stereocenters. The lowest BCUT2D eigenvalue weighted by Gasteiger charge is -2.22. The summed E-state index contributed by atoms with van der Waals surface area (Å²) in [4.78, 5) is 0. The van der Waals surface area contributed by atoms with Gasteiger partial charge < -0.3 is 18.9 Å². The molecule has 1 aromatic rings. The van der Waals surface area contributed by atoms with Crippen molar-refractivity contribution >= 4 is 0 Å². The Kier molecular flexibility index (Phi) is 6.88. The summed E-state index contributed by atoms with van der Waals surface area (Å²) in [5, 5.41) is 4.59. The molecule has 3 rings (SSSR count). The van der Waals surface area contributed by atoms with Crippen molar-refractivity contribution in [2.75, 3.05) is 33.0 Å². The average molecular weight is 324 g/mol. The predicted octanol–water partition coefficient (Wildman–Crippen LogP) is 2.68. The predicted molar refractivity (Wildman–Crippen MR) is 85.1 cm³/mol. The van der Waals surface area contributed by atoms with Gasteiger partial charge in [-0.2, -0.15) is 5.10 Å². The van der Waals surface area contributed by atoms with Gasteiger partial charge in [0.2, 0.25) is 0 Å². The van der Waals surface area contributed by atoms with Gasteiger partial charge in [-0.15, -0.1) is 0 Å². The highest BCUT2D eigenvalue weighted by Crippen LogP contribution is 2.21. The van der Waals surface area contributed by atoms with Crippen LogP contribution in [0.3, 0.4) is 0 Å². The summed E-state index contributed by atoms with van der Waals surface area (Å²) in [6, 6.07) is 2.05. The van der Waals surface area contributed by atoms with Gasteiger partial charge in [-0.25, -0.2) is 4.68 Å². The molecule has 23 heavy (non-hydrogen) atoms. The zero-order valence-electron chi connectivity index (χ0n) is 13.8. The summed E-state index contributed by atoms with van der Waals surface area (Å²) in [7, 11) is 0. The largest absolute Gasteiger partial charge is 0.379 e. The fourth-order valence-corrected chi connectivity index (χ4v) is 2.96. The quantitative estimate of drug-likeness (QED) is 0.688. The van der Waals surface area contributed by atoms with Crippen LogP contribution in [0.2, 0.25) is 0 Å². The third-order valence-electron chi connectivity index (χ3n) is 4.29. The number of hydrogen-bond acceptors (Lipinski definition) is 5. The van der Waals surface area contributed by atoms with E-state index in [1.807, 2.05) is 16.9 Å². The first kappa shape index (κ1) is 16.9. The maximum absolute atomic E-state index is 5.73. The van der Waals surface area contributed by atoms with Crippen molar-refractivity contribution in [3.8, 4) is 0 Å². The molecule has 0 bridgehead atoms. The Morgan fingerprint density at radius 3 is 2.70 bits per heavy atom.